The summed E-state index contributed by atoms with van der Waals surface area (Å²) in [6, 6.07) is 2.10. The van der Waals surface area contributed by atoms with Crippen molar-refractivity contribution in [3.63, 3.8) is 0 Å². The number of nitrogens with one attached hydrogen (secondary N) is 1. The average molecular weight is 264 g/mol. The number of hydrogen-bond donors (Lipinski definition) is 2. The maximum atomic E-state index is 12.2. The van der Waals surface area contributed by atoms with E-state index in [0.29, 0.717) is 18.1 Å². The molecule has 1 aromatic heterocycles. The fraction of sp³-hybridized carbons (Fsp3) is 0.643. The molecule has 5 nitrogen and oxygen atoms in total. The zero-order chi connectivity index (χ0) is 13.5. The van der Waals surface area contributed by atoms with Gasteiger partial charge in [0.15, 0.2) is 5.76 Å². The number of amides is 1. The Labute approximate surface area is 112 Å². The van der Waals surface area contributed by atoms with Crippen molar-refractivity contribution in [2.24, 2.45) is 11.1 Å². The molecular weight excluding hydrogens is 244 g/mol. The van der Waals surface area contributed by atoms with Crippen LogP contribution in [0.25, 0.3) is 0 Å². The lowest BCUT2D eigenvalue weighted by atomic mass is 9.96. The highest BCUT2D eigenvalue weighted by Gasteiger charge is 2.55. The summed E-state index contributed by atoms with van der Waals surface area (Å²) < 4.78 is 10.8. The van der Waals surface area contributed by atoms with Crippen LogP contribution in [0, 0.1) is 12.3 Å². The highest BCUT2D eigenvalue weighted by atomic mass is 16.5. The standard InChI is InChI=1S/C14H20N2O3/c1-9-6-10(8-15)19-12(9)13(17)16-11-7-14(11)2-4-18-5-3-14/h6,11H,2-5,7-8,15H2,1H3,(H,16,17). The van der Waals surface area contributed by atoms with E-state index in [1.165, 1.54) is 0 Å². The van der Waals surface area contributed by atoms with Crippen LogP contribution in [0.2, 0.25) is 0 Å². The fourth-order valence-corrected chi connectivity index (χ4v) is 2.98. The van der Waals surface area contributed by atoms with E-state index in [0.717, 1.165) is 38.0 Å². The molecule has 2 heterocycles. The van der Waals surface area contributed by atoms with Crippen LogP contribution in [0.4, 0.5) is 0 Å². The van der Waals surface area contributed by atoms with Crippen molar-refractivity contribution in [2.75, 3.05) is 13.2 Å². The Hall–Kier alpha value is -1.33. The van der Waals surface area contributed by atoms with E-state index in [1.807, 2.05) is 13.0 Å². The molecule has 1 aliphatic heterocycles. The fourth-order valence-electron chi connectivity index (χ4n) is 2.98. The first-order valence-electron chi connectivity index (χ1n) is 6.83. The van der Waals surface area contributed by atoms with Crippen molar-refractivity contribution in [3.05, 3.63) is 23.2 Å². The molecule has 0 bridgehead atoms. The monoisotopic (exact) mass is 264 g/mol. The predicted molar refractivity (Wildman–Crippen MR) is 69.7 cm³/mol. The number of carbonyl (C=O) groups is 1. The first-order chi connectivity index (χ1) is 9.14. The second kappa shape index (κ2) is 4.65. The van der Waals surface area contributed by atoms with Gasteiger partial charge in [0.1, 0.15) is 5.76 Å². The van der Waals surface area contributed by atoms with Crippen molar-refractivity contribution >= 4 is 5.91 Å². The van der Waals surface area contributed by atoms with Gasteiger partial charge < -0.3 is 20.2 Å². The number of carbonyl (C=O) groups excluding carboxylic acids is 1. The summed E-state index contributed by atoms with van der Waals surface area (Å²) in [7, 11) is 0. The maximum absolute atomic E-state index is 12.2. The Kier molecular flexibility index (Phi) is 3.11. The number of furan rings is 1. The number of nitrogens with two attached hydrogens (primary N) is 1. The summed E-state index contributed by atoms with van der Waals surface area (Å²) in [5.74, 6) is 0.930. The smallest absolute Gasteiger partial charge is 0.287 e. The maximum Gasteiger partial charge on any atom is 0.287 e. The molecule has 0 radical (unpaired) electrons. The van der Waals surface area contributed by atoms with E-state index >= 15 is 0 Å². The summed E-state index contributed by atoms with van der Waals surface area (Å²) >= 11 is 0. The van der Waals surface area contributed by atoms with Gasteiger partial charge in [-0.3, -0.25) is 4.79 Å². The third kappa shape index (κ3) is 2.28. The van der Waals surface area contributed by atoms with E-state index in [4.69, 9.17) is 14.9 Å². The highest BCUT2D eigenvalue weighted by Crippen LogP contribution is 2.53. The first-order valence-corrected chi connectivity index (χ1v) is 6.83. The Bertz CT molecular complexity index is 489. The van der Waals surface area contributed by atoms with Gasteiger partial charge in [0.05, 0.1) is 6.54 Å². The molecule has 1 aromatic rings. The van der Waals surface area contributed by atoms with E-state index in [9.17, 15) is 4.79 Å². The first kappa shape index (κ1) is 12.7. The van der Waals surface area contributed by atoms with Gasteiger partial charge in [0.25, 0.3) is 5.91 Å². The zero-order valence-electron chi connectivity index (χ0n) is 11.2. The molecule has 5 heteroatoms. The molecule has 1 amide bonds. The van der Waals surface area contributed by atoms with Crippen LogP contribution >= 0.6 is 0 Å². The van der Waals surface area contributed by atoms with Crippen molar-refractivity contribution in [1.29, 1.82) is 0 Å². The summed E-state index contributed by atoms with van der Waals surface area (Å²) in [6.07, 6.45) is 3.15. The third-order valence-electron chi connectivity index (χ3n) is 4.36. The van der Waals surface area contributed by atoms with Gasteiger partial charge in [0, 0.05) is 24.8 Å². The van der Waals surface area contributed by atoms with E-state index in [-0.39, 0.29) is 17.4 Å². The SMILES string of the molecule is Cc1cc(CN)oc1C(=O)NC1CC12CCOCC2. The predicted octanol–water partition coefficient (Wildman–Crippen LogP) is 1.35. The lowest BCUT2D eigenvalue weighted by Gasteiger charge is -2.22. The minimum Gasteiger partial charge on any atom is -0.454 e. The van der Waals surface area contributed by atoms with Gasteiger partial charge in [0.2, 0.25) is 0 Å². The van der Waals surface area contributed by atoms with E-state index in [2.05, 4.69) is 5.32 Å². The van der Waals surface area contributed by atoms with Crippen LogP contribution in [-0.2, 0) is 11.3 Å². The van der Waals surface area contributed by atoms with Crippen molar-refractivity contribution in [3.8, 4) is 0 Å². The molecule has 1 spiro atoms. The summed E-state index contributed by atoms with van der Waals surface area (Å²) in [4.78, 5) is 12.2. The van der Waals surface area contributed by atoms with Crippen molar-refractivity contribution < 1.29 is 13.9 Å². The Balaban J connectivity index is 1.64. The highest BCUT2D eigenvalue weighted by molar-refractivity contribution is 5.93. The number of rotatable bonds is 3. The van der Waals surface area contributed by atoms with Gasteiger partial charge >= 0.3 is 0 Å². The minimum absolute atomic E-state index is 0.120. The second-order valence-corrected chi connectivity index (χ2v) is 5.63. The minimum atomic E-state index is -0.120. The Morgan fingerprint density at radius 1 is 1.53 bits per heavy atom. The van der Waals surface area contributed by atoms with Crippen LogP contribution in [-0.4, -0.2) is 25.2 Å². The molecule has 104 valence electrons. The van der Waals surface area contributed by atoms with Crippen LogP contribution in [0.5, 0.6) is 0 Å². The molecule has 0 aromatic carbocycles. The van der Waals surface area contributed by atoms with Crippen LogP contribution < -0.4 is 11.1 Å². The topological polar surface area (TPSA) is 77.5 Å². The molecule has 1 saturated heterocycles. The van der Waals surface area contributed by atoms with Gasteiger partial charge in [-0.05, 0) is 37.7 Å². The van der Waals surface area contributed by atoms with Crippen LogP contribution in [0.3, 0.4) is 0 Å². The van der Waals surface area contributed by atoms with Crippen LogP contribution in [0.1, 0.15) is 41.1 Å². The zero-order valence-corrected chi connectivity index (χ0v) is 11.2. The Morgan fingerprint density at radius 3 is 2.89 bits per heavy atom. The van der Waals surface area contributed by atoms with Crippen LogP contribution in [0.15, 0.2) is 10.5 Å². The normalized spacial score (nSPS) is 24.4. The molecule has 1 unspecified atom stereocenters. The summed E-state index contributed by atoms with van der Waals surface area (Å²) in [5, 5.41) is 3.08. The Morgan fingerprint density at radius 2 is 2.26 bits per heavy atom. The largest absolute Gasteiger partial charge is 0.454 e. The quantitative estimate of drug-likeness (QED) is 0.863. The number of ether oxygens (including phenoxy) is 1. The van der Waals surface area contributed by atoms with Gasteiger partial charge in [-0.15, -0.1) is 0 Å². The molecule has 1 atom stereocenters. The summed E-state index contributed by atoms with van der Waals surface area (Å²) in [5.41, 5.74) is 6.65. The number of hydrogen-bond acceptors (Lipinski definition) is 4. The lowest BCUT2D eigenvalue weighted by molar-refractivity contribution is 0.0533. The van der Waals surface area contributed by atoms with Crippen molar-refractivity contribution in [1.82, 2.24) is 5.32 Å². The van der Waals surface area contributed by atoms with E-state index in [1.54, 1.807) is 0 Å². The molecule has 3 rings (SSSR count). The lowest BCUT2D eigenvalue weighted by Crippen LogP contribution is -2.32. The summed E-state index contributed by atoms with van der Waals surface area (Å²) in [6.45, 7) is 3.81. The van der Waals surface area contributed by atoms with E-state index < -0.39 is 0 Å². The molecule has 2 aliphatic rings. The van der Waals surface area contributed by atoms with Gasteiger partial charge in [-0.1, -0.05) is 0 Å². The third-order valence-corrected chi connectivity index (χ3v) is 4.36. The molecule has 1 saturated carbocycles. The van der Waals surface area contributed by atoms with Gasteiger partial charge in [-0.25, -0.2) is 0 Å². The molecular formula is C14H20N2O3. The molecule has 3 N–H and O–H groups in total. The second-order valence-electron chi connectivity index (χ2n) is 5.63. The van der Waals surface area contributed by atoms with Gasteiger partial charge in [-0.2, -0.15) is 0 Å². The molecule has 2 fully saturated rings. The number of aryl methyl sites for hydroxylation is 1. The molecule has 19 heavy (non-hydrogen) atoms. The molecule has 1 aliphatic carbocycles. The van der Waals surface area contributed by atoms with Crippen molar-refractivity contribution in [2.45, 2.75) is 38.8 Å². The average Bonchev–Trinajstić information content (AvgIpc) is 2.89.